The first-order valence-corrected chi connectivity index (χ1v) is 8.28. The van der Waals surface area contributed by atoms with Crippen LogP contribution in [0.1, 0.15) is 32.8 Å². The molecule has 0 saturated carbocycles. The topological polar surface area (TPSA) is 35.5 Å². The highest BCUT2D eigenvalue weighted by Crippen LogP contribution is 2.30. The van der Waals surface area contributed by atoms with Gasteiger partial charge in [-0.25, -0.2) is 0 Å². The number of benzene rings is 1. The zero-order chi connectivity index (χ0) is 15.4. The Balaban J connectivity index is 2.13. The molecule has 2 unspecified atom stereocenters. The average Bonchev–Trinajstić information content (AvgIpc) is 2.43. The van der Waals surface area contributed by atoms with Crippen molar-refractivity contribution in [3.05, 3.63) is 28.8 Å². The lowest BCUT2D eigenvalue weighted by Gasteiger charge is -2.37. The largest absolute Gasteiger partial charge is 0.393 e. The second kappa shape index (κ2) is 7.48. The van der Waals surface area contributed by atoms with Crippen molar-refractivity contribution in [3.63, 3.8) is 0 Å². The Morgan fingerprint density at radius 1 is 1.43 bits per heavy atom. The third-order valence-electron chi connectivity index (χ3n) is 4.15. The van der Waals surface area contributed by atoms with Gasteiger partial charge in [-0.2, -0.15) is 0 Å². The number of aliphatic hydroxyl groups is 1. The molecule has 0 aromatic heterocycles. The van der Waals surface area contributed by atoms with Gasteiger partial charge in [-0.1, -0.05) is 38.4 Å². The molecule has 1 aliphatic heterocycles. The second-order valence-electron chi connectivity index (χ2n) is 6.54. The number of hydrogen-bond donors (Lipinski definition) is 2. The molecule has 2 N–H and O–H groups in total. The van der Waals surface area contributed by atoms with Crippen molar-refractivity contribution in [1.29, 1.82) is 0 Å². The number of nitrogens with one attached hydrogen (secondary N) is 1. The van der Waals surface area contributed by atoms with Gasteiger partial charge in [0.15, 0.2) is 0 Å². The third kappa shape index (κ3) is 4.35. The van der Waals surface area contributed by atoms with Crippen LogP contribution in [0.3, 0.4) is 0 Å². The van der Waals surface area contributed by atoms with Gasteiger partial charge in [-0.3, -0.25) is 0 Å². The predicted molar refractivity (Wildman–Crippen MR) is 90.0 cm³/mol. The van der Waals surface area contributed by atoms with E-state index < -0.39 is 0 Å². The fraction of sp³-hybridized carbons (Fsp3) is 0.647. The Bertz CT molecular complexity index is 464. The van der Waals surface area contributed by atoms with Crippen molar-refractivity contribution in [2.75, 3.05) is 24.5 Å². The van der Waals surface area contributed by atoms with E-state index in [0.717, 1.165) is 37.6 Å². The summed E-state index contributed by atoms with van der Waals surface area (Å²) in [5.74, 6) is 0.926. The maximum atomic E-state index is 9.90. The molecule has 4 heteroatoms. The maximum Gasteiger partial charge on any atom is 0.0599 e. The highest BCUT2D eigenvalue weighted by molar-refractivity contribution is 6.31. The average molecular weight is 311 g/mol. The molecule has 0 bridgehead atoms. The summed E-state index contributed by atoms with van der Waals surface area (Å²) in [4.78, 5) is 2.36. The van der Waals surface area contributed by atoms with Crippen molar-refractivity contribution in [2.24, 2.45) is 11.8 Å². The maximum absolute atomic E-state index is 9.90. The van der Waals surface area contributed by atoms with E-state index in [1.54, 1.807) is 0 Å². The smallest absolute Gasteiger partial charge is 0.0599 e. The molecule has 118 valence electrons. The Morgan fingerprint density at radius 3 is 2.86 bits per heavy atom. The highest BCUT2D eigenvalue weighted by atomic mass is 35.5. The Kier molecular flexibility index (Phi) is 5.91. The molecule has 0 spiro atoms. The van der Waals surface area contributed by atoms with Gasteiger partial charge >= 0.3 is 0 Å². The number of piperidine rings is 1. The van der Waals surface area contributed by atoms with Crippen LogP contribution >= 0.6 is 11.6 Å². The molecule has 0 radical (unpaired) electrons. The van der Waals surface area contributed by atoms with Crippen LogP contribution in [0, 0.1) is 11.8 Å². The molecule has 0 amide bonds. The summed E-state index contributed by atoms with van der Waals surface area (Å²) in [6.07, 6.45) is 0.648. The first kappa shape index (κ1) is 16.6. The van der Waals surface area contributed by atoms with Gasteiger partial charge in [0.25, 0.3) is 0 Å². The molecule has 2 rings (SSSR count). The zero-order valence-electron chi connectivity index (χ0n) is 13.3. The highest BCUT2D eigenvalue weighted by Gasteiger charge is 2.25. The number of aliphatic hydroxyl groups excluding tert-OH is 1. The molecule has 1 aliphatic rings. The molecular weight excluding hydrogens is 284 g/mol. The van der Waals surface area contributed by atoms with Crippen LogP contribution in [0.5, 0.6) is 0 Å². The third-order valence-corrected chi connectivity index (χ3v) is 4.50. The first-order valence-electron chi connectivity index (χ1n) is 7.90. The van der Waals surface area contributed by atoms with E-state index in [1.807, 2.05) is 12.1 Å². The minimum absolute atomic E-state index is 0.178. The van der Waals surface area contributed by atoms with E-state index in [9.17, 15) is 5.11 Å². The van der Waals surface area contributed by atoms with E-state index in [-0.39, 0.29) is 6.10 Å². The number of nitrogens with zero attached hydrogens (tertiary/aromatic N) is 1. The number of anilines is 1. The lowest BCUT2D eigenvalue weighted by Crippen LogP contribution is -2.42. The van der Waals surface area contributed by atoms with Crippen LogP contribution < -0.4 is 10.2 Å². The minimum Gasteiger partial charge on any atom is -0.393 e. The van der Waals surface area contributed by atoms with Gasteiger partial charge in [-0.05, 0) is 36.9 Å². The minimum atomic E-state index is -0.178. The SMILES string of the molecule is CC(C)CNCc1c(Cl)cccc1N1CCC(O)C(C)C1. The van der Waals surface area contributed by atoms with Crippen molar-refractivity contribution >= 4 is 17.3 Å². The summed E-state index contributed by atoms with van der Waals surface area (Å²) >= 11 is 6.41. The summed E-state index contributed by atoms with van der Waals surface area (Å²) in [6.45, 7) is 10.1. The summed E-state index contributed by atoms with van der Waals surface area (Å²) in [5.41, 5.74) is 2.38. The van der Waals surface area contributed by atoms with Crippen LogP contribution in [0.4, 0.5) is 5.69 Å². The van der Waals surface area contributed by atoms with Crippen molar-refractivity contribution in [2.45, 2.75) is 39.8 Å². The van der Waals surface area contributed by atoms with E-state index >= 15 is 0 Å². The molecule has 1 saturated heterocycles. The quantitative estimate of drug-likeness (QED) is 0.876. The molecule has 1 aromatic rings. The van der Waals surface area contributed by atoms with Gasteiger partial charge < -0.3 is 15.3 Å². The molecule has 2 atom stereocenters. The Hall–Kier alpha value is -0.770. The molecular formula is C17H27ClN2O. The van der Waals surface area contributed by atoms with Crippen molar-refractivity contribution in [3.8, 4) is 0 Å². The lowest BCUT2D eigenvalue weighted by molar-refractivity contribution is 0.0970. The standard InChI is InChI=1S/C17H27ClN2O/c1-12(2)9-19-10-14-15(18)5-4-6-16(14)20-8-7-17(21)13(3)11-20/h4-6,12-13,17,19,21H,7-11H2,1-3H3. The van der Waals surface area contributed by atoms with Crippen molar-refractivity contribution < 1.29 is 5.11 Å². The van der Waals surface area contributed by atoms with Gasteiger partial charge in [0, 0.05) is 35.9 Å². The summed E-state index contributed by atoms with van der Waals surface area (Å²) < 4.78 is 0. The van der Waals surface area contributed by atoms with Crippen LogP contribution in [0.2, 0.25) is 5.02 Å². The lowest BCUT2D eigenvalue weighted by atomic mass is 9.95. The van der Waals surface area contributed by atoms with Gasteiger partial charge in [-0.15, -0.1) is 0 Å². The van der Waals surface area contributed by atoms with Gasteiger partial charge in [0.1, 0.15) is 0 Å². The number of rotatable bonds is 5. The second-order valence-corrected chi connectivity index (χ2v) is 6.95. The Morgan fingerprint density at radius 2 is 2.19 bits per heavy atom. The summed E-state index contributed by atoms with van der Waals surface area (Å²) in [7, 11) is 0. The number of hydrogen-bond acceptors (Lipinski definition) is 3. The van der Waals surface area contributed by atoms with Gasteiger partial charge in [0.2, 0.25) is 0 Å². The van der Waals surface area contributed by atoms with E-state index in [1.165, 1.54) is 11.3 Å². The number of halogens is 1. The zero-order valence-corrected chi connectivity index (χ0v) is 14.0. The predicted octanol–water partition coefficient (Wildman–Crippen LogP) is 3.29. The molecule has 1 fully saturated rings. The van der Waals surface area contributed by atoms with Gasteiger partial charge in [0.05, 0.1) is 6.10 Å². The molecule has 0 aliphatic carbocycles. The molecule has 3 nitrogen and oxygen atoms in total. The molecule has 1 aromatic carbocycles. The van der Waals surface area contributed by atoms with Crippen LogP contribution in [0.15, 0.2) is 18.2 Å². The van der Waals surface area contributed by atoms with Crippen molar-refractivity contribution in [1.82, 2.24) is 5.32 Å². The molecule has 21 heavy (non-hydrogen) atoms. The monoisotopic (exact) mass is 310 g/mol. The van der Waals surface area contributed by atoms with E-state index in [2.05, 4.69) is 37.1 Å². The normalized spacial score (nSPS) is 22.9. The Labute approximate surface area is 133 Å². The summed E-state index contributed by atoms with van der Waals surface area (Å²) in [6, 6.07) is 6.11. The van der Waals surface area contributed by atoms with Crippen LogP contribution in [-0.4, -0.2) is 30.8 Å². The van der Waals surface area contributed by atoms with E-state index in [4.69, 9.17) is 11.6 Å². The fourth-order valence-corrected chi connectivity index (χ4v) is 3.09. The first-order chi connectivity index (χ1) is 9.99. The fourth-order valence-electron chi connectivity index (χ4n) is 2.86. The van der Waals surface area contributed by atoms with Crippen LogP contribution in [0.25, 0.3) is 0 Å². The summed E-state index contributed by atoms with van der Waals surface area (Å²) in [5, 5.41) is 14.2. The molecule has 1 heterocycles. The van der Waals surface area contributed by atoms with E-state index in [0.29, 0.717) is 11.8 Å². The van der Waals surface area contributed by atoms with Crippen LogP contribution in [-0.2, 0) is 6.54 Å².